The average Bonchev–Trinajstić information content (AvgIpc) is 2.71. The van der Waals surface area contributed by atoms with Gasteiger partial charge in [0.05, 0.1) is 11.0 Å². The molecule has 0 aliphatic rings. The molecule has 0 radical (unpaired) electrons. The van der Waals surface area contributed by atoms with Crippen LogP contribution in [0.5, 0.6) is 0 Å². The zero-order valence-corrected chi connectivity index (χ0v) is 10.7. The highest BCUT2D eigenvalue weighted by molar-refractivity contribution is 5.75. The third kappa shape index (κ3) is 3.07. The summed E-state index contributed by atoms with van der Waals surface area (Å²) in [5.74, 6) is 1.10. The molecule has 0 spiro atoms. The van der Waals surface area contributed by atoms with Gasteiger partial charge in [0.15, 0.2) is 0 Å². The van der Waals surface area contributed by atoms with E-state index < -0.39 is 0 Å². The third-order valence-electron chi connectivity index (χ3n) is 2.92. The van der Waals surface area contributed by atoms with Crippen molar-refractivity contribution in [1.29, 1.82) is 0 Å². The molecule has 1 aromatic heterocycles. The van der Waals surface area contributed by atoms with Gasteiger partial charge in [-0.25, -0.2) is 4.98 Å². The van der Waals surface area contributed by atoms with E-state index in [1.165, 1.54) is 11.1 Å². The van der Waals surface area contributed by atoms with Gasteiger partial charge in [-0.3, -0.25) is 0 Å². The molecule has 17 heavy (non-hydrogen) atoms. The van der Waals surface area contributed by atoms with E-state index >= 15 is 0 Å². The Hall–Kier alpha value is -1.35. The lowest BCUT2D eigenvalue weighted by molar-refractivity contribution is 0.717. The summed E-state index contributed by atoms with van der Waals surface area (Å²) >= 11 is 0. The zero-order chi connectivity index (χ0) is 12.1. The molecule has 0 atom stereocenters. The van der Waals surface area contributed by atoms with Gasteiger partial charge in [0.25, 0.3) is 0 Å². The number of aryl methyl sites for hydroxylation is 1. The molecule has 0 saturated carbocycles. The number of imidazole rings is 1. The van der Waals surface area contributed by atoms with Crippen LogP contribution in [0.25, 0.3) is 11.0 Å². The number of H-pyrrole nitrogens is 1. The maximum absolute atomic E-state index is 4.57. The first-order valence-electron chi connectivity index (χ1n) is 6.51. The van der Waals surface area contributed by atoms with Crippen molar-refractivity contribution in [2.24, 2.45) is 0 Å². The van der Waals surface area contributed by atoms with E-state index in [1.54, 1.807) is 0 Å². The Bertz CT molecular complexity index is 473. The Morgan fingerprint density at radius 3 is 2.88 bits per heavy atom. The summed E-state index contributed by atoms with van der Waals surface area (Å²) in [5, 5.41) is 3.34. The second-order valence-electron chi connectivity index (χ2n) is 4.39. The van der Waals surface area contributed by atoms with Crippen molar-refractivity contribution in [3.8, 4) is 0 Å². The molecular weight excluding hydrogens is 210 g/mol. The second kappa shape index (κ2) is 5.82. The van der Waals surface area contributed by atoms with E-state index in [9.17, 15) is 0 Å². The normalized spacial score (nSPS) is 11.2. The molecule has 3 heteroatoms. The molecule has 0 aliphatic heterocycles. The number of benzene rings is 1. The predicted molar refractivity (Wildman–Crippen MR) is 72.3 cm³/mol. The molecule has 0 fully saturated rings. The Balaban J connectivity index is 2.12. The third-order valence-corrected chi connectivity index (χ3v) is 2.92. The largest absolute Gasteiger partial charge is 0.342 e. The van der Waals surface area contributed by atoms with Gasteiger partial charge in [0, 0.05) is 6.42 Å². The van der Waals surface area contributed by atoms with Crippen LogP contribution in [-0.2, 0) is 12.8 Å². The molecule has 0 bridgehead atoms. The van der Waals surface area contributed by atoms with Crippen molar-refractivity contribution in [3.63, 3.8) is 0 Å². The SMILES string of the molecule is CCCc1nc2ccc(CCNCC)cc2[nH]1. The summed E-state index contributed by atoms with van der Waals surface area (Å²) in [6.45, 7) is 6.38. The van der Waals surface area contributed by atoms with Crippen molar-refractivity contribution in [3.05, 3.63) is 29.6 Å². The monoisotopic (exact) mass is 231 g/mol. The molecular formula is C14H21N3. The maximum Gasteiger partial charge on any atom is 0.107 e. The van der Waals surface area contributed by atoms with E-state index in [0.717, 1.165) is 43.7 Å². The van der Waals surface area contributed by atoms with E-state index in [1.807, 2.05) is 0 Å². The molecule has 0 amide bonds. The van der Waals surface area contributed by atoms with Crippen molar-refractivity contribution in [1.82, 2.24) is 15.3 Å². The summed E-state index contributed by atoms with van der Waals surface area (Å²) in [5.41, 5.74) is 3.62. The minimum absolute atomic E-state index is 1.03. The van der Waals surface area contributed by atoms with Gasteiger partial charge >= 0.3 is 0 Å². The fraction of sp³-hybridized carbons (Fsp3) is 0.500. The average molecular weight is 231 g/mol. The van der Waals surface area contributed by atoms with Crippen LogP contribution in [0.4, 0.5) is 0 Å². The summed E-state index contributed by atoms with van der Waals surface area (Å²) < 4.78 is 0. The van der Waals surface area contributed by atoms with E-state index in [0.29, 0.717) is 0 Å². The van der Waals surface area contributed by atoms with Crippen molar-refractivity contribution >= 4 is 11.0 Å². The molecule has 1 aromatic carbocycles. The molecule has 92 valence electrons. The van der Waals surface area contributed by atoms with Crippen molar-refractivity contribution in [2.45, 2.75) is 33.1 Å². The lowest BCUT2D eigenvalue weighted by Crippen LogP contribution is -2.15. The topological polar surface area (TPSA) is 40.7 Å². The van der Waals surface area contributed by atoms with Gasteiger partial charge in [-0.2, -0.15) is 0 Å². The molecule has 0 unspecified atom stereocenters. The highest BCUT2D eigenvalue weighted by Crippen LogP contribution is 2.14. The number of nitrogens with one attached hydrogen (secondary N) is 2. The first-order valence-corrected chi connectivity index (χ1v) is 6.51. The molecule has 0 saturated heterocycles. The van der Waals surface area contributed by atoms with Gasteiger partial charge in [0.1, 0.15) is 5.82 Å². The molecule has 1 heterocycles. The van der Waals surface area contributed by atoms with Crippen LogP contribution in [0.2, 0.25) is 0 Å². The quantitative estimate of drug-likeness (QED) is 0.750. The molecule has 2 rings (SSSR count). The minimum atomic E-state index is 1.03. The fourth-order valence-electron chi connectivity index (χ4n) is 2.03. The molecule has 0 aliphatic carbocycles. The van der Waals surface area contributed by atoms with Gasteiger partial charge in [-0.05, 0) is 43.6 Å². The van der Waals surface area contributed by atoms with Crippen LogP contribution in [0, 0.1) is 0 Å². The van der Waals surface area contributed by atoms with Crippen LogP contribution in [0.1, 0.15) is 31.7 Å². The smallest absolute Gasteiger partial charge is 0.107 e. The highest BCUT2D eigenvalue weighted by Gasteiger charge is 2.02. The lowest BCUT2D eigenvalue weighted by Gasteiger charge is -2.01. The number of hydrogen-bond acceptors (Lipinski definition) is 2. The Kier molecular flexibility index (Phi) is 4.15. The standard InChI is InChI=1S/C14H21N3/c1-3-5-14-16-12-7-6-11(8-9-15-4-2)10-13(12)17-14/h6-7,10,15H,3-5,8-9H2,1-2H3,(H,16,17). The second-order valence-corrected chi connectivity index (χ2v) is 4.39. The zero-order valence-electron chi connectivity index (χ0n) is 10.7. The number of aromatic amines is 1. The Morgan fingerprint density at radius 1 is 1.24 bits per heavy atom. The Morgan fingerprint density at radius 2 is 2.12 bits per heavy atom. The lowest BCUT2D eigenvalue weighted by atomic mass is 10.1. The first-order chi connectivity index (χ1) is 8.33. The van der Waals surface area contributed by atoms with Crippen LogP contribution in [-0.4, -0.2) is 23.1 Å². The number of nitrogens with zero attached hydrogens (tertiary/aromatic N) is 1. The summed E-state index contributed by atoms with van der Waals surface area (Å²) in [6, 6.07) is 6.52. The number of rotatable bonds is 6. The molecule has 3 nitrogen and oxygen atoms in total. The summed E-state index contributed by atoms with van der Waals surface area (Å²) in [7, 11) is 0. The van der Waals surface area contributed by atoms with E-state index in [4.69, 9.17) is 0 Å². The van der Waals surface area contributed by atoms with E-state index in [-0.39, 0.29) is 0 Å². The molecule has 2 N–H and O–H groups in total. The van der Waals surface area contributed by atoms with Gasteiger partial charge < -0.3 is 10.3 Å². The van der Waals surface area contributed by atoms with Crippen LogP contribution in [0.3, 0.4) is 0 Å². The van der Waals surface area contributed by atoms with Crippen molar-refractivity contribution in [2.75, 3.05) is 13.1 Å². The number of likely N-dealkylation sites (N-methyl/N-ethyl adjacent to an activating group) is 1. The summed E-state index contributed by atoms with van der Waals surface area (Å²) in [6.07, 6.45) is 3.24. The molecule has 2 aromatic rings. The predicted octanol–water partition coefficient (Wildman–Crippen LogP) is 2.67. The van der Waals surface area contributed by atoms with Gasteiger partial charge in [-0.1, -0.05) is 19.9 Å². The number of hydrogen-bond donors (Lipinski definition) is 2. The van der Waals surface area contributed by atoms with Gasteiger partial charge in [0.2, 0.25) is 0 Å². The van der Waals surface area contributed by atoms with Crippen LogP contribution in [0.15, 0.2) is 18.2 Å². The minimum Gasteiger partial charge on any atom is -0.342 e. The van der Waals surface area contributed by atoms with Crippen molar-refractivity contribution < 1.29 is 0 Å². The first kappa shape index (κ1) is 12.1. The van der Waals surface area contributed by atoms with Crippen LogP contribution < -0.4 is 5.32 Å². The Labute approximate surface area is 103 Å². The maximum atomic E-state index is 4.57. The number of aromatic nitrogens is 2. The highest BCUT2D eigenvalue weighted by atomic mass is 14.9. The fourth-order valence-corrected chi connectivity index (χ4v) is 2.03. The van der Waals surface area contributed by atoms with Crippen LogP contribution >= 0.6 is 0 Å². The van der Waals surface area contributed by atoms with Gasteiger partial charge in [-0.15, -0.1) is 0 Å². The summed E-state index contributed by atoms with van der Waals surface area (Å²) in [4.78, 5) is 7.96. The van der Waals surface area contributed by atoms with E-state index in [2.05, 4.69) is 47.3 Å². The number of fused-ring (bicyclic) bond motifs is 1.